The average Bonchev–Trinajstić information content (AvgIpc) is 2.39. The fourth-order valence-corrected chi connectivity index (χ4v) is 2.37. The van der Waals surface area contributed by atoms with Crippen molar-refractivity contribution < 1.29 is 0 Å². The fraction of sp³-hybridized carbons (Fsp3) is 0.733. The number of hydrogen-bond acceptors (Lipinski definition) is 3. The number of rotatable bonds is 8. The van der Waals surface area contributed by atoms with Gasteiger partial charge in [0, 0.05) is 12.2 Å². The van der Waals surface area contributed by atoms with Crippen molar-refractivity contribution in [2.24, 2.45) is 5.92 Å². The van der Waals surface area contributed by atoms with Crippen molar-refractivity contribution in [3.05, 3.63) is 23.8 Å². The van der Waals surface area contributed by atoms with Gasteiger partial charge in [0.25, 0.3) is 0 Å². The molecule has 0 aliphatic heterocycles. The second-order valence-corrected chi connectivity index (χ2v) is 5.02. The van der Waals surface area contributed by atoms with E-state index in [1.807, 2.05) is 26.2 Å². The third-order valence-corrected chi connectivity index (χ3v) is 3.62. The number of unbranched alkanes of at least 4 members (excludes halogenated alkanes) is 1. The number of nitrogens with zero attached hydrogens (tertiary/aromatic N) is 2. The maximum Gasteiger partial charge on any atom is 0.125 e. The molecule has 1 N–H and O–H groups in total. The summed E-state index contributed by atoms with van der Waals surface area (Å²) in [5, 5.41) is 3.40. The first kappa shape index (κ1) is 15.1. The van der Waals surface area contributed by atoms with Crippen LogP contribution in [-0.2, 0) is 0 Å². The van der Waals surface area contributed by atoms with Gasteiger partial charge in [0.15, 0.2) is 0 Å². The van der Waals surface area contributed by atoms with E-state index < -0.39 is 0 Å². The van der Waals surface area contributed by atoms with Crippen LogP contribution in [0.3, 0.4) is 0 Å². The Balaban J connectivity index is 2.65. The molecule has 0 spiro atoms. The molecule has 1 aromatic rings. The van der Waals surface area contributed by atoms with E-state index in [0.29, 0.717) is 6.04 Å². The lowest BCUT2D eigenvalue weighted by molar-refractivity contribution is 0.360. The van der Waals surface area contributed by atoms with Crippen molar-refractivity contribution in [2.75, 3.05) is 7.05 Å². The van der Waals surface area contributed by atoms with Crippen molar-refractivity contribution in [3.63, 3.8) is 0 Å². The highest BCUT2D eigenvalue weighted by molar-refractivity contribution is 5.07. The lowest BCUT2D eigenvalue weighted by Gasteiger charge is -2.22. The van der Waals surface area contributed by atoms with E-state index in [1.165, 1.54) is 32.1 Å². The first-order valence-corrected chi connectivity index (χ1v) is 7.18. The van der Waals surface area contributed by atoms with Gasteiger partial charge in [-0.1, -0.05) is 39.5 Å². The monoisotopic (exact) mass is 249 g/mol. The highest BCUT2D eigenvalue weighted by atomic mass is 14.9. The molecule has 1 rings (SSSR count). The van der Waals surface area contributed by atoms with Crippen molar-refractivity contribution in [2.45, 2.75) is 58.9 Å². The highest BCUT2D eigenvalue weighted by Gasteiger charge is 2.16. The van der Waals surface area contributed by atoms with Crippen LogP contribution in [0.5, 0.6) is 0 Å². The first-order chi connectivity index (χ1) is 8.71. The quantitative estimate of drug-likeness (QED) is 0.764. The zero-order chi connectivity index (χ0) is 13.4. The van der Waals surface area contributed by atoms with E-state index in [1.54, 1.807) is 0 Å². The molecule has 2 unspecified atom stereocenters. The van der Waals surface area contributed by atoms with E-state index in [2.05, 4.69) is 29.1 Å². The molecular formula is C15H27N3. The molecule has 3 nitrogen and oxygen atoms in total. The van der Waals surface area contributed by atoms with E-state index in [-0.39, 0.29) is 0 Å². The zero-order valence-corrected chi connectivity index (χ0v) is 12.2. The second kappa shape index (κ2) is 8.20. The molecule has 102 valence electrons. The molecule has 0 radical (unpaired) electrons. The molecule has 0 amide bonds. The van der Waals surface area contributed by atoms with Crippen LogP contribution >= 0.6 is 0 Å². The topological polar surface area (TPSA) is 37.8 Å². The predicted octanol–water partition coefficient (Wildman–Crippen LogP) is 3.65. The molecule has 3 heteroatoms. The summed E-state index contributed by atoms with van der Waals surface area (Å²) in [6.07, 6.45) is 8.22. The van der Waals surface area contributed by atoms with Crippen LogP contribution in [0.1, 0.15) is 63.5 Å². The third kappa shape index (κ3) is 4.73. The Morgan fingerprint density at radius 2 is 2.11 bits per heavy atom. The number of aromatic nitrogens is 2. The fourth-order valence-electron chi connectivity index (χ4n) is 2.37. The lowest BCUT2D eigenvalue weighted by atomic mass is 9.91. The van der Waals surface area contributed by atoms with Gasteiger partial charge < -0.3 is 5.32 Å². The molecule has 0 aromatic carbocycles. The molecule has 1 aromatic heterocycles. The molecule has 0 saturated heterocycles. The Bertz CT molecular complexity index is 338. The zero-order valence-electron chi connectivity index (χ0n) is 12.2. The van der Waals surface area contributed by atoms with Crippen LogP contribution in [-0.4, -0.2) is 17.0 Å². The molecular weight excluding hydrogens is 222 g/mol. The van der Waals surface area contributed by atoms with Gasteiger partial charge in [-0.3, -0.25) is 0 Å². The molecule has 0 aliphatic carbocycles. The summed E-state index contributed by atoms with van der Waals surface area (Å²) >= 11 is 0. The largest absolute Gasteiger partial charge is 0.312 e. The van der Waals surface area contributed by atoms with Gasteiger partial charge in [-0.05, 0) is 32.4 Å². The summed E-state index contributed by atoms with van der Waals surface area (Å²) in [6.45, 7) is 6.50. The van der Waals surface area contributed by atoms with Crippen LogP contribution in [0.2, 0.25) is 0 Å². The van der Waals surface area contributed by atoms with Gasteiger partial charge in [0.1, 0.15) is 5.82 Å². The number of aryl methyl sites for hydroxylation is 1. The molecule has 0 bridgehead atoms. The SMILES string of the molecule is CCCCC(CC)CC(NC)c1ccnc(C)n1. The average molecular weight is 249 g/mol. The number of hydrogen-bond donors (Lipinski definition) is 1. The Kier molecular flexibility index (Phi) is 6.88. The Hall–Kier alpha value is -0.960. The Morgan fingerprint density at radius 1 is 1.33 bits per heavy atom. The van der Waals surface area contributed by atoms with Crippen molar-refractivity contribution in [3.8, 4) is 0 Å². The molecule has 0 saturated carbocycles. The normalized spacial score (nSPS) is 14.4. The summed E-state index contributed by atoms with van der Waals surface area (Å²) in [5.74, 6) is 1.65. The summed E-state index contributed by atoms with van der Waals surface area (Å²) in [7, 11) is 2.02. The molecule has 0 fully saturated rings. The van der Waals surface area contributed by atoms with Gasteiger partial charge in [0.2, 0.25) is 0 Å². The standard InChI is InChI=1S/C15H27N3/c1-5-7-8-13(6-2)11-15(16-4)14-9-10-17-12(3)18-14/h9-10,13,15-16H,5-8,11H2,1-4H3. The van der Waals surface area contributed by atoms with Gasteiger partial charge in [0.05, 0.1) is 5.69 Å². The van der Waals surface area contributed by atoms with Crippen molar-refractivity contribution in [1.82, 2.24) is 15.3 Å². The minimum Gasteiger partial charge on any atom is -0.312 e. The van der Waals surface area contributed by atoms with Crippen molar-refractivity contribution >= 4 is 0 Å². The summed E-state index contributed by atoms with van der Waals surface area (Å²) in [4.78, 5) is 8.70. The predicted molar refractivity (Wildman–Crippen MR) is 76.5 cm³/mol. The lowest BCUT2D eigenvalue weighted by Crippen LogP contribution is -2.21. The van der Waals surface area contributed by atoms with E-state index in [0.717, 1.165) is 17.4 Å². The molecule has 0 aliphatic rings. The van der Waals surface area contributed by atoms with Gasteiger partial charge in [-0.25, -0.2) is 9.97 Å². The van der Waals surface area contributed by atoms with Crippen LogP contribution in [0, 0.1) is 12.8 Å². The van der Waals surface area contributed by atoms with E-state index >= 15 is 0 Å². The maximum atomic E-state index is 4.54. The van der Waals surface area contributed by atoms with Crippen LogP contribution < -0.4 is 5.32 Å². The van der Waals surface area contributed by atoms with Crippen LogP contribution in [0.25, 0.3) is 0 Å². The molecule has 2 atom stereocenters. The smallest absolute Gasteiger partial charge is 0.125 e. The van der Waals surface area contributed by atoms with Gasteiger partial charge >= 0.3 is 0 Å². The Labute approximate surface area is 111 Å². The summed E-state index contributed by atoms with van der Waals surface area (Å²) < 4.78 is 0. The van der Waals surface area contributed by atoms with Crippen LogP contribution in [0.4, 0.5) is 0 Å². The number of nitrogens with one attached hydrogen (secondary N) is 1. The third-order valence-electron chi connectivity index (χ3n) is 3.62. The van der Waals surface area contributed by atoms with E-state index in [9.17, 15) is 0 Å². The van der Waals surface area contributed by atoms with Crippen LogP contribution in [0.15, 0.2) is 12.3 Å². The molecule has 18 heavy (non-hydrogen) atoms. The van der Waals surface area contributed by atoms with Gasteiger partial charge in [-0.2, -0.15) is 0 Å². The second-order valence-electron chi connectivity index (χ2n) is 5.02. The molecule has 1 heterocycles. The minimum atomic E-state index is 0.355. The van der Waals surface area contributed by atoms with Crippen molar-refractivity contribution in [1.29, 1.82) is 0 Å². The summed E-state index contributed by atoms with van der Waals surface area (Å²) in [6, 6.07) is 2.38. The van der Waals surface area contributed by atoms with Gasteiger partial charge in [-0.15, -0.1) is 0 Å². The first-order valence-electron chi connectivity index (χ1n) is 7.18. The highest BCUT2D eigenvalue weighted by Crippen LogP contribution is 2.25. The minimum absolute atomic E-state index is 0.355. The Morgan fingerprint density at radius 3 is 2.67 bits per heavy atom. The summed E-state index contributed by atoms with van der Waals surface area (Å²) in [5.41, 5.74) is 1.12. The maximum absolute atomic E-state index is 4.54. The van der Waals surface area contributed by atoms with E-state index in [4.69, 9.17) is 0 Å².